The summed E-state index contributed by atoms with van der Waals surface area (Å²) in [5, 5.41) is 8.03. The molecule has 3 aromatic heterocycles. The van der Waals surface area contributed by atoms with E-state index in [9.17, 15) is 9.59 Å². The summed E-state index contributed by atoms with van der Waals surface area (Å²) in [4.78, 5) is 48.8. The number of aromatic amines is 3. The minimum absolute atomic E-state index is 0.0414. The number of hydrogen-bond acceptors (Lipinski definition) is 10. The lowest BCUT2D eigenvalue weighted by Gasteiger charge is -2.08. The van der Waals surface area contributed by atoms with E-state index in [1.807, 2.05) is 0 Å². The predicted molar refractivity (Wildman–Crippen MR) is 282 cm³/mol. The van der Waals surface area contributed by atoms with Crippen molar-refractivity contribution in [2.75, 3.05) is 79.0 Å². The number of H-pyrrole nitrogens is 3. The normalized spacial score (nSPS) is 17.1. The van der Waals surface area contributed by atoms with Crippen LogP contribution >= 0.6 is 0 Å². The molecular formula is C55H79N9O6. The van der Waals surface area contributed by atoms with E-state index in [0.29, 0.717) is 111 Å². The highest BCUT2D eigenvalue weighted by Gasteiger charge is 2.25. The Hall–Kier alpha value is -5.42. The van der Waals surface area contributed by atoms with Crippen molar-refractivity contribution in [3.8, 4) is 0 Å². The number of amides is 2. The maximum Gasteiger partial charge on any atom is 0.220 e. The van der Waals surface area contributed by atoms with Gasteiger partial charge >= 0.3 is 0 Å². The number of carbonyl (C=O) groups excluding carboxylic acids is 2. The van der Waals surface area contributed by atoms with Gasteiger partial charge in [0, 0.05) is 78.9 Å². The van der Waals surface area contributed by atoms with Gasteiger partial charge in [-0.1, -0.05) is 27.7 Å². The molecule has 3 aliphatic heterocycles. The zero-order valence-corrected chi connectivity index (χ0v) is 43.2. The van der Waals surface area contributed by atoms with Crippen molar-refractivity contribution in [2.24, 2.45) is 21.5 Å². The molecule has 0 saturated heterocycles. The SMILES string of the molecule is CCc1c2[nH]c(c1C)Cc1[nH]c(c(CC)c1C)/C=C1N=C(/C=c3\[nH]/c(c(CC)c3CC)=C\C3=NC(=C\2)/C(C)=C3CCC(=O)NCCOCCOCCN)C(CCC(=O)NCCOCCOCCN)=C\1C. The van der Waals surface area contributed by atoms with Crippen LogP contribution < -0.4 is 32.8 Å². The second-order valence-corrected chi connectivity index (χ2v) is 18.0. The molecule has 0 aliphatic carbocycles. The summed E-state index contributed by atoms with van der Waals surface area (Å²) >= 11 is 0. The third kappa shape index (κ3) is 13.5. The molecular weight excluding hydrogens is 883 g/mol. The van der Waals surface area contributed by atoms with Crippen LogP contribution in [0.5, 0.6) is 0 Å². The molecule has 0 radical (unpaired) electrons. The van der Waals surface area contributed by atoms with Gasteiger partial charge in [-0.3, -0.25) is 9.59 Å². The molecule has 0 saturated carbocycles. The molecule has 10 bridgehead atoms. The van der Waals surface area contributed by atoms with Gasteiger partial charge in [-0.05, 0) is 146 Å². The van der Waals surface area contributed by atoms with Crippen LogP contribution in [0.1, 0.15) is 123 Å². The van der Waals surface area contributed by atoms with Gasteiger partial charge in [-0.25, -0.2) is 9.98 Å². The molecule has 9 N–H and O–H groups in total. The molecule has 0 atom stereocenters. The highest BCUT2D eigenvalue weighted by atomic mass is 16.5. The Kier molecular flexibility index (Phi) is 20.6. The molecule has 3 aliphatic rings. The average Bonchev–Trinajstić information content (AvgIpc) is 4.10. The number of rotatable bonds is 26. The highest BCUT2D eigenvalue weighted by Crippen LogP contribution is 2.35. The Morgan fingerprint density at radius 3 is 1.30 bits per heavy atom. The van der Waals surface area contributed by atoms with Crippen LogP contribution in [0.3, 0.4) is 0 Å². The van der Waals surface area contributed by atoms with Crippen LogP contribution in [0.15, 0.2) is 43.7 Å². The van der Waals surface area contributed by atoms with Crippen LogP contribution in [-0.2, 0) is 60.6 Å². The number of carbonyl (C=O) groups is 2. The molecule has 2 amide bonds. The van der Waals surface area contributed by atoms with E-state index in [1.165, 1.54) is 33.4 Å². The summed E-state index contributed by atoms with van der Waals surface area (Å²) < 4.78 is 22.0. The molecule has 70 heavy (non-hydrogen) atoms. The number of nitrogens with zero attached hydrogens (tertiary/aromatic N) is 2. The lowest BCUT2D eigenvalue weighted by Crippen LogP contribution is -2.27. The third-order valence-corrected chi connectivity index (χ3v) is 13.6. The molecule has 3 aromatic rings. The fourth-order valence-electron chi connectivity index (χ4n) is 9.74. The number of fused-ring (bicyclic) bond motifs is 8. The first-order chi connectivity index (χ1) is 34.0. The van der Waals surface area contributed by atoms with Crippen molar-refractivity contribution >= 4 is 47.5 Å². The van der Waals surface area contributed by atoms with Crippen LogP contribution in [0.2, 0.25) is 0 Å². The van der Waals surface area contributed by atoms with E-state index in [1.54, 1.807) is 0 Å². The van der Waals surface area contributed by atoms with E-state index in [2.05, 4.69) is 105 Å². The van der Waals surface area contributed by atoms with Crippen LogP contribution in [0, 0.1) is 13.8 Å². The maximum absolute atomic E-state index is 13.3. The molecule has 15 nitrogen and oxygen atoms in total. The standard InChI is InChI=1S/C55H79N9O6/c1-9-38-34(5)44-29-45-35(6)39(10-2)49(61-45)31-47-37(8)43(14-16-55(66)59-20-24-70-28-26-68-22-18-57)53(63-47)33-51-41(12-4)40(11-3)50(64-51)32-52-42(36(7)46(62-52)30-48(38)60-44)13-15-54(65)58-19-23-69-27-25-67-21-17-56/h30-33,60-61,64H,9-29,56-57H2,1-8H3,(H,58,65)(H,59,66)/b46-30-,47-31-,50-32-,51-33-. The molecule has 6 heterocycles. The first-order valence-electron chi connectivity index (χ1n) is 25.6. The zero-order valence-electron chi connectivity index (χ0n) is 43.2. The summed E-state index contributed by atoms with van der Waals surface area (Å²) in [6.07, 6.45) is 14.4. The van der Waals surface area contributed by atoms with Gasteiger partial charge in [0.1, 0.15) is 0 Å². The van der Waals surface area contributed by atoms with Crippen molar-refractivity contribution in [3.05, 3.63) is 101 Å². The van der Waals surface area contributed by atoms with Crippen molar-refractivity contribution < 1.29 is 28.5 Å². The fraction of sp³-hybridized carbons (Fsp3) is 0.527. The number of aromatic nitrogens is 3. The van der Waals surface area contributed by atoms with E-state index < -0.39 is 0 Å². The Bertz CT molecular complexity index is 2470. The van der Waals surface area contributed by atoms with E-state index in [0.717, 1.165) is 104 Å². The van der Waals surface area contributed by atoms with E-state index >= 15 is 0 Å². The summed E-state index contributed by atoms with van der Waals surface area (Å²) in [6.45, 7) is 22.9. The Labute approximate surface area is 414 Å². The van der Waals surface area contributed by atoms with Crippen LogP contribution in [-0.4, -0.2) is 117 Å². The molecule has 0 fully saturated rings. The number of hydrogen-bond donors (Lipinski definition) is 7. The molecule has 6 rings (SSSR count). The van der Waals surface area contributed by atoms with Gasteiger partial charge in [0.25, 0.3) is 0 Å². The van der Waals surface area contributed by atoms with Gasteiger partial charge in [0.15, 0.2) is 0 Å². The van der Waals surface area contributed by atoms with Crippen molar-refractivity contribution in [1.29, 1.82) is 0 Å². The van der Waals surface area contributed by atoms with E-state index in [4.69, 9.17) is 40.4 Å². The summed E-state index contributed by atoms with van der Waals surface area (Å²) in [7, 11) is 0. The topological polar surface area (TPSA) is 219 Å². The first kappa shape index (κ1) is 53.9. The fourth-order valence-corrected chi connectivity index (χ4v) is 9.74. The first-order valence-corrected chi connectivity index (χ1v) is 25.6. The third-order valence-electron chi connectivity index (χ3n) is 13.6. The molecule has 15 heteroatoms. The Balaban J connectivity index is 1.40. The lowest BCUT2D eigenvalue weighted by molar-refractivity contribution is -0.122. The lowest BCUT2D eigenvalue weighted by atomic mass is 9.98. The molecule has 0 unspecified atom stereocenters. The van der Waals surface area contributed by atoms with E-state index in [-0.39, 0.29) is 11.8 Å². The second-order valence-electron chi connectivity index (χ2n) is 18.0. The van der Waals surface area contributed by atoms with Gasteiger partial charge in [-0.15, -0.1) is 0 Å². The smallest absolute Gasteiger partial charge is 0.220 e. The molecule has 0 aromatic carbocycles. The minimum atomic E-state index is -0.0414. The predicted octanol–water partition coefficient (Wildman–Crippen LogP) is 5.40. The van der Waals surface area contributed by atoms with Gasteiger partial charge in [0.2, 0.25) is 11.8 Å². The summed E-state index contributed by atoms with van der Waals surface area (Å²) in [5.41, 5.74) is 30.5. The average molecular weight is 962 g/mol. The number of nitrogens with two attached hydrogens (primary N) is 2. The molecule has 0 spiro atoms. The molecule has 380 valence electrons. The van der Waals surface area contributed by atoms with Crippen molar-refractivity contribution in [2.45, 2.75) is 113 Å². The van der Waals surface area contributed by atoms with Gasteiger partial charge in [0.05, 0.1) is 75.7 Å². The number of nitrogens with one attached hydrogen (secondary N) is 5. The van der Waals surface area contributed by atoms with Gasteiger partial charge < -0.3 is 56.0 Å². The number of ether oxygens (including phenoxy) is 4. The largest absolute Gasteiger partial charge is 0.378 e. The maximum atomic E-state index is 13.3. The van der Waals surface area contributed by atoms with Crippen molar-refractivity contribution in [1.82, 2.24) is 25.6 Å². The Morgan fingerprint density at radius 2 is 0.929 bits per heavy atom. The summed E-state index contributed by atoms with van der Waals surface area (Å²) in [5.74, 6) is -0.0829. The number of allylic oxidation sites excluding steroid dienone is 4. The van der Waals surface area contributed by atoms with Crippen molar-refractivity contribution in [3.63, 3.8) is 0 Å². The monoisotopic (exact) mass is 962 g/mol. The van der Waals surface area contributed by atoms with Crippen LogP contribution in [0.4, 0.5) is 0 Å². The minimum Gasteiger partial charge on any atom is -0.378 e. The number of aliphatic imine (C=N–C) groups is 2. The van der Waals surface area contributed by atoms with Crippen LogP contribution in [0.25, 0.3) is 24.3 Å². The Morgan fingerprint density at radius 1 is 0.543 bits per heavy atom. The zero-order chi connectivity index (χ0) is 50.2. The van der Waals surface area contributed by atoms with Gasteiger partial charge in [-0.2, -0.15) is 0 Å². The highest BCUT2D eigenvalue weighted by molar-refractivity contribution is 6.24. The quantitative estimate of drug-likeness (QED) is 0.0516. The second kappa shape index (κ2) is 26.7. The summed E-state index contributed by atoms with van der Waals surface area (Å²) in [6, 6.07) is 0.